The number of rotatable bonds is 2. The molecule has 1 saturated carbocycles. The van der Waals surface area contributed by atoms with Gasteiger partial charge in [-0.3, -0.25) is 4.79 Å². The Balaban J connectivity index is 1.94. The number of likely N-dealkylation sites (tertiary alicyclic amines) is 1. The summed E-state index contributed by atoms with van der Waals surface area (Å²) in [5.74, 6) is -0.680. The van der Waals surface area contributed by atoms with Crippen molar-refractivity contribution in [2.45, 2.75) is 38.1 Å². The van der Waals surface area contributed by atoms with Crippen molar-refractivity contribution in [2.75, 3.05) is 6.54 Å². The molecule has 4 nitrogen and oxygen atoms in total. The van der Waals surface area contributed by atoms with Crippen LogP contribution in [0, 0.1) is 5.92 Å². The van der Waals surface area contributed by atoms with E-state index in [-0.39, 0.29) is 11.8 Å². The molecule has 1 heterocycles. The van der Waals surface area contributed by atoms with E-state index in [1.807, 2.05) is 0 Å². The second kappa shape index (κ2) is 3.59. The van der Waals surface area contributed by atoms with Crippen LogP contribution in [0.4, 0.5) is 0 Å². The van der Waals surface area contributed by atoms with Crippen molar-refractivity contribution < 1.29 is 14.7 Å². The molecule has 2 fully saturated rings. The van der Waals surface area contributed by atoms with Crippen LogP contribution in [0.3, 0.4) is 0 Å². The second-order valence-electron chi connectivity index (χ2n) is 4.16. The van der Waals surface area contributed by atoms with Gasteiger partial charge in [-0.1, -0.05) is 12.8 Å². The highest BCUT2D eigenvalue weighted by atomic mass is 16.4. The lowest BCUT2D eigenvalue weighted by molar-refractivity contribution is -0.159. The number of carbonyl (C=O) groups is 2. The molecule has 0 aromatic carbocycles. The third-order valence-corrected chi connectivity index (χ3v) is 3.29. The molecular weight excluding hydrogens is 182 g/mol. The molecule has 1 N–H and O–H groups in total. The third-order valence-electron chi connectivity index (χ3n) is 3.29. The van der Waals surface area contributed by atoms with Gasteiger partial charge in [0, 0.05) is 12.5 Å². The normalized spacial score (nSPS) is 27.4. The molecule has 78 valence electrons. The van der Waals surface area contributed by atoms with Gasteiger partial charge in [0.2, 0.25) is 5.91 Å². The van der Waals surface area contributed by atoms with Crippen molar-refractivity contribution >= 4 is 11.9 Å². The lowest BCUT2D eigenvalue weighted by atomic mass is 9.98. The van der Waals surface area contributed by atoms with Gasteiger partial charge in [0.15, 0.2) is 0 Å². The van der Waals surface area contributed by atoms with E-state index in [0.29, 0.717) is 13.0 Å². The van der Waals surface area contributed by atoms with Crippen molar-refractivity contribution in [1.29, 1.82) is 0 Å². The minimum absolute atomic E-state index is 0.0705. The molecule has 1 amide bonds. The maximum Gasteiger partial charge on any atom is 0.326 e. The van der Waals surface area contributed by atoms with Crippen molar-refractivity contribution in [3.8, 4) is 0 Å². The fourth-order valence-corrected chi connectivity index (χ4v) is 2.32. The molecule has 0 radical (unpaired) electrons. The molecule has 1 aliphatic heterocycles. The van der Waals surface area contributed by atoms with Crippen LogP contribution < -0.4 is 0 Å². The van der Waals surface area contributed by atoms with Crippen LogP contribution in [0.2, 0.25) is 0 Å². The molecule has 4 heteroatoms. The number of amides is 1. The molecule has 1 saturated heterocycles. The highest BCUT2D eigenvalue weighted by molar-refractivity contribution is 5.86. The number of hydrogen-bond donors (Lipinski definition) is 1. The second-order valence-corrected chi connectivity index (χ2v) is 4.16. The van der Waals surface area contributed by atoms with E-state index in [0.717, 1.165) is 25.7 Å². The molecule has 1 aliphatic carbocycles. The first-order valence-corrected chi connectivity index (χ1v) is 5.23. The number of carboxylic acid groups (broad SMARTS) is 1. The molecule has 1 atom stereocenters. The monoisotopic (exact) mass is 197 g/mol. The van der Waals surface area contributed by atoms with Crippen molar-refractivity contribution in [1.82, 2.24) is 4.90 Å². The number of hydrogen-bond acceptors (Lipinski definition) is 2. The quantitative estimate of drug-likeness (QED) is 0.714. The van der Waals surface area contributed by atoms with E-state index in [1.165, 1.54) is 4.90 Å². The fraction of sp³-hybridized carbons (Fsp3) is 0.800. The third kappa shape index (κ3) is 1.49. The van der Waals surface area contributed by atoms with Gasteiger partial charge in [-0.25, -0.2) is 4.79 Å². The Kier molecular flexibility index (Phi) is 2.44. The van der Waals surface area contributed by atoms with Crippen molar-refractivity contribution in [3.05, 3.63) is 0 Å². The zero-order valence-electron chi connectivity index (χ0n) is 8.11. The van der Waals surface area contributed by atoms with Crippen LogP contribution in [-0.4, -0.2) is 34.5 Å². The van der Waals surface area contributed by atoms with Crippen molar-refractivity contribution in [2.24, 2.45) is 5.92 Å². The van der Waals surface area contributed by atoms with Crippen LogP contribution in [-0.2, 0) is 9.59 Å². The summed E-state index contributed by atoms with van der Waals surface area (Å²) in [5, 5.41) is 8.80. The first-order valence-electron chi connectivity index (χ1n) is 5.23. The molecule has 0 spiro atoms. The lowest BCUT2D eigenvalue weighted by Crippen LogP contribution is -2.56. The van der Waals surface area contributed by atoms with Crippen LogP contribution in [0.25, 0.3) is 0 Å². The molecule has 2 aliphatic rings. The molecule has 2 rings (SSSR count). The zero-order chi connectivity index (χ0) is 10.1. The number of nitrogens with zero attached hydrogens (tertiary/aromatic N) is 1. The van der Waals surface area contributed by atoms with E-state index < -0.39 is 12.0 Å². The van der Waals surface area contributed by atoms with Gasteiger partial charge in [-0.05, 0) is 19.3 Å². The van der Waals surface area contributed by atoms with Gasteiger partial charge in [-0.15, -0.1) is 0 Å². The fourth-order valence-electron chi connectivity index (χ4n) is 2.32. The van der Waals surface area contributed by atoms with Gasteiger partial charge in [0.05, 0.1) is 0 Å². The van der Waals surface area contributed by atoms with Gasteiger partial charge in [0.25, 0.3) is 0 Å². The topological polar surface area (TPSA) is 57.6 Å². The van der Waals surface area contributed by atoms with Crippen LogP contribution in [0.5, 0.6) is 0 Å². The van der Waals surface area contributed by atoms with Crippen molar-refractivity contribution in [3.63, 3.8) is 0 Å². The van der Waals surface area contributed by atoms with Crippen LogP contribution in [0.15, 0.2) is 0 Å². The summed E-state index contributed by atoms with van der Waals surface area (Å²) in [7, 11) is 0. The standard InChI is InChI=1S/C10H15NO3/c12-9(7-3-1-2-4-7)11-6-5-8(11)10(13)14/h7-8H,1-6H2,(H,13,14). The highest BCUT2D eigenvalue weighted by Gasteiger charge is 2.40. The Morgan fingerprint density at radius 3 is 2.21 bits per heavy atom. The van der Waals surface area contributed by atoms with Crippen LogP contribution in [0.1, 0.15) is 32.1 Å². The van der Waals surface area contributed by atoms with Gasteiger partial charge >= 0.3 is 5.97 Å². The average molecular weight is 197 g/mol. The Morgan fingerprint density at radius 1 is 1.14 bits per heavy atom. The molecule has 0 bridgehead atoms. The predicted octanol–water partition coefficient (Wildman–Crippen LogP) is 0.862. The molecule has 1 unspecified atom stereocenters. The Hall–Kier alpha value is -1.06. The first-order chi connectivity index (χ1) is 6.70. The predicted molar refractivity (Wildman–Crippen MR) is 49.7 cm³/mol. The van der Waals surface area contributed by atoms with E-state index in [2.05, 4.69) is 0 Å². The summed E-state index contributed by atoms with van der Waals surface area (Å²) in [6.45, 7) is 0.631. The Bertz CT molecular complexity index is 258. The summed E-state index contributed by atoms with van der Waals surface area (Å²) in [5.41, 5.74) is 0. The van der Waals surface area contributed by atoms with E-state index in [9.17, 15) is 9.59 Å². The summed E-state index contributed by atoms with van der Waals surface area (Å²) >= 11 is 0. The number of carbonyl (C=O) groups excluding carboxylic acids is 1. The minimum atomic E-state index is -0.859. The SMILES string of the molecule is O=C(O)C1CCN1C(=O)C1CCCC1. The molecular formula is C10H15NO3. The zero-order valence-corrected chi connectivity index (χ0v) is 8.11. The van der Waals surface area contributed by atoms with Gasteiger partial charge in [0.1, 0.15) is 6.04 Å². The summed E-state index contributed by atoms with van der Waals surface area (Å²) in [4.78, 5) is 24.0. The maximum atomic E-state index is 11.8. The highest BCUT2D eigenvalue weighted by Crippen LogP contribution is 2.30. The van der Waals surface area contributed by atoms with E-state index >= 15 is 0 Å². The smallest absolute Gasteiger partial charge is 0.326 e. The van der Waals surface area contributed by atoms with Crippen LogP contribution >= 0.6 is 0 Å². The Morgan fingerprint density at radius 2 is 1.79 bits per heavy atom. The molecule has 0 aromatic rings. The molecule has 0 aromatic heterocycles. The molecule has 14 heavy (non-hydrogen) atoms. The van der Waals surface area contributed by atoms with Gasteiger partial charge < -0.3 is 10.0 Å². The van der Waals surface area contributed by atoms with E-state index in [4.69, 9.17) is 5.11 Å². The largest absolute Gasteiger partial charge is 0.480 e. The van der Waals surface area contributed by atoms with E-state index in [1.54, 1.807) is 0 Å². The summed E-state index contributed by atoms with van der Waals surface area (Å²) < 4.78 is 0. The lowest BCUT2D eigenvalue weighted by Gasteiger charge is -2.39. The average Bonchev–Trinajstić information content (AvgIpc) is 2.51. The summed E-state index contributed by atoms with van der Waals surface area (Å²) in [6, 6.07) is -0.539. The number of aliphatic carboxylic acids is 1. The van der Waals surface area contributed by atoms with Gasteiger partial charge in [-0.2, -0.15) is 0 Å². The Labute approximate surface area is 82.9 Å². The first kappa shape index (κ1) is 9.49. The maximum absolute atomic E-state index is 11.8. The number of carboxylic acids is 1. The summed E-state index contributed by atoms with van der Waals surface area (Å²) in [6.07, 6.45) is 4.74. The minimum Gasteiger partial charge on any atom is -0.480 e.